The minimum Gasteiger partial charge on any atom is -0.497 e. The number of hydrogen-bond acceptors (Lipinski definition) is 4. The van der Waals surface area contributed by atoms with Gasteiger partial charge in [-0.3, -0.25) is 24.2 Å². The SMILES string of the molecule is COc1cccc(C(=O)N(CN2C(=O)[C@@H]3[C@H]4C=C[C@@H]([C@@H]5C[C@@H]45)[C@H]3C2=O)c2ccc(C)cc2)c1. The van der Waals surface area contributed by atoms with Crippen molar-refractivity contribution in [3.8, 4) is 5.75 Å². The minimum absolute atomic E-state index is 0.0848. The Morgan fingerprint density at radius 2 is 1.64 bits per heavy atom. The van der Waals surface area contributed by atoms with Gasteiger partial charge in [0.05, 0.1) is 18.9 Å². The molecule has 168 valence electrons. The molecule has 4 aliphatic carbocycles. The Balaban J connectivity index is 1.34. The van der Waals surface area contributed by atoms with Crippen molar-refractivity contribution in [3.05, 3.63) is 71.8 Å². The van der Waals surface area contributed by atoms with Crippen LogP contribution in [0.2, 0.25) is 0 Å². The number of benzene rings is 2. The zero-order chi connectivity index (χ0) is 22.9. The molecule has 0 unspecified atom stereocenters. The lowest BCUT2D eigenvalue weighted by atomic mass is 9.63. The highest BCUT2D eigenvalue weighted by Crippen LogP contribution is 2.65. The zero-order valence-corrected chi connectivity index (χ0v) is 18.7. The van der Waals surface area contributed by atoms with Crippen molar-refractivity contribution in [1.82, 2.24) is 4.90 Å². The molecule has 6 heteroatoms. The van der Waals surface area contributed by atoms with Crippen LogP contribution in [-0.4, -0.2) is 36.4 Å². The molecule has 1 heterocycles. The van der Waals surface area contributed by atoms with E-state index in [1.807, 2.05) is 31.2 Å². The molecule has 0 aromatic heterocycles. The Morgan fingerprint density at radius 1 is 1.00 bits per heavy atom. The van der Waals surface area contributed by atoms with Gasteiger partial charge in [-0.15, -0.1) is 0 Å². The molecular formula is C27H26N2O4. The molecule has 0 radical (unpaired) electrons. The Bertz CT molecular complexity index is 1150. The number of carbonyl (C=O) groups excluding carboxylic acids is 3. The third kappa shape index (κ3) is 3.04. The molecule has 0 spiro atoms. The van der Waals surface area contributed by atoms with Crippen LogP contribution in [0.1, 0.15) is 22.3 Å². The summed E-state index contributed by atoms with van der Waals surface area (Å²) in [4.78, 5) is 43.5. The number of methoxy groups -OCH3 is 1. The molecule has 33 heavy (non-hydrogen) atoms. The van der Waals surface area contributed by atoms with Gasteiger partial charge in [0.1, 0.15) is 12.4 Å². The molecule has 1 saturated heterocycles. The van der Waals surface area contributed by atoms with E-state index >= 15 is 0 Å². The molecular weight excluding hydrogens is 416 g/mol. The van der Waals surface area contributed by atoms with Crippen LogP contribution < -0.4 is 9.64 Å². The van der Waals surface area contributed by atoms with Crippen molar-refractivity contribution in [2.75, 3.05) is 18.7 Å². The van der Waals surface area contributed by atoms with E-state index in [2.05, 4.69) is 12.2 Å². The van der Waals surface area contributed by atoms with Gasteiger partial charge >= 0.3 is 0 Å². The maximum absolute atomic E-state index is 13.6. The number of rotatable bonds is 5. The van der Waals surface area contributed by atoms with E-state index in [-0.39, 0.29) is 48.1 Å². The van der Waals surface area contributed by atoms with E-state index in [1.165, 1.54) is 9.80 Å². The van der Waals surface area contributed by atoms with Crippen LogP contribution in [0.5, 0.6) is 5.75 Å². The summed E-state index contributed by atoms with van der Waals surface area (Å²) in [5, 5.41) is 0. The number of ether oxygens (including phenoxy) is 1. The number of aryl methyl sites for hydroxylation is 1. The average Bonchev–Trinajstić information content (AvgIpc) is 3.63. The first-order valence-electron chi connectivity index (χ1n) is 11.5. The van der Waals surface area contributed by atoms with Crippen LogP contribution in [0.3, 0.4) is 0 Å². The molecule has 2 aromatic carbocycles. The smallest absolute Gasteiger partial charge is 0.259 e. The van der Waals surface area contributed by atoms with Crippen LogP contribution in [-0.2, 0) is 9.59 Å². The molecule has 5 aliphatic rings. The lowest BCUT2D eigenvalue weighted by molar-refractivity contribution is -0.140. The van der Waals surface area contributed by atoms with Crippen molar-refractivity contribution in [3.63, 3.8) is 0 Å². The van der Waals surface area contributed by atoms with Gasteiger partial charge in [0.15, 0.2) is 0 Å². The molecule has 2 saturated carbocycles. The fraction of sp³-hybridized carbons (Fsp3) is 0.370. The van der Waals surface area contributed by atoms with Gasteiger partial charge in [-0.05, 0) is 67.3 Å². The Kier molecular flexibility index (Phi) is 4.47. The number of likely N-dealkylation sites (tertiary alicyclic amines) is 1. The predicted octanol–water partition coefficient (Wildman–Crippen LogP) is 3.66. The topological polar surface area (TPSA) is 66.9 Å². The largest absolute Gasteiger partial charge is 0.497 e. The van der Waals surface area contributed by atoms with Gasteiger partial charge in [-0.1, -0.05) is 35.9 Å². The van der Waals surface area contributed by atoms with E-state index in [4.69, 9.17) is 4.74 Å². The molecule has 6 nitrogen and oxygen atoms in total. The predicted molar refractivity (Wildman–Crippen MR) is 122 cm³/mol. The second-order valence-electron chi connectivity index (χ2n) is 9.70. The normalized spacial score (nSPS) is 30.8. The van der Waals surface area contributed by atoms with E-state index in [0.29, 0.717) is 28.8 Å². The summed E-state index contributed by atoms with van der Waals surface area (Å²) in [6.45, 7) is 1.89. The summed E-state index contributed by atoms with van der Waals surface area (Å²) in [5.41, 5.74) is 2.15. The monoisotopic (exact) mass is 442 g/mol. The number of anilines is 1. The lowest BCUT2D eigenvalue weighted by Crippen LogP contribution is -2.45. The summed E-state index contributed by atoms with van der Waals surface area (Å²) >= 11 is 0. The second-order valence-corrected chi connectivity index (χ2v) is 9.70. The summed E-state index contributed by atoms with van der Waals surface area (Å²) < 4.78 is 5.29. The van der Waals surface area contributed by atoms with Gasteiger partial charge in [0.25, 0.3) is 5.91 Å². The number of hydrogen-bond donors (Lipinski definition) is 0. The molecule has 2 aromatic rings. The zero-order valence-electron chi connectivity index (χ0n) is 18.7. The van der Waals surface area contributed by atoms with E-state index in [9.17, 15) is 14.4 Å². The number of carbonyl (C=O) groups is 3. The van der Waals surface area contributed by atoms with E-state index in [0.717, 1.165) is 12.0 Å². The average molecular weight is 443 g/mol. The first-order valence-corrected chi connectivity index (χ1v) is 11.5. The molecule has 3 fully saturated rings. The summed E-state index contributed by atoms with van der Waals surface area (Å²) in [5.74, 6) is 0.889. The van der Waals surface area contributed by atoms with Crippen molar-refractivity contribution < 1.29 is 19.1 Å². The van der Waals surface area contributed by atoms with Gasteiger partial charge in [0.2, 0.25) is 11.8 Å². The van der Waals surface area contributed by atoms with E-state index < -0.39 is 0 Å². The molecule has 0 N–H and O–H groups in total. The van der Waals surface area contributed by atoms with Crippen LogP contribution in [0, 0.1) is 42.4 Å². The highest BCUT2D eigenvalue weighted by atomic mass is 16.5. The highest BCUT2D eigenvalue weighted by Gasteiger charge is 2.67. The molecule has 1 aliphatic heterocycles. The molecule has 7 rings (SSSR count). The maximum Gasteiger partial charge on any atom is 0.259 e. The molecule has 6 atom stereocenters. The lowest BCUT2D eigenvalue weighted by Gasteiger charge is -2.37. The van der Waals surface area contributed by atoms with Crippen LogP contribution in [0.15, 0.2) is 60.7 Å². The van der Waals surface area contributed by atoms with Gasteiger partial charge in [-0.2, -0.15) is 0 Å². The fourth-order valence-electron chi connectivity index (χ4n) is 6.20. The molecule has 3 amide bonds. The Morgan fingerprint density at radius 3 is 2.24 bits per heavy atom. The standard InChI is InChI=1S/C27H26N2O4/c1-15-6-8-17(9-7-15)28(25(30)16-4-3-5-18(12-16)33-2)14-29-26(31)23-19-10-11-20(22-13-21(19)22)24(23)27(29)32/h3-12,19-24H,13-14H2,1-2H3/t19-,20-,21-,22-,23+,24+/m0/s1. The van der Waals surface area contributed by atoms with E-state index in [1.54, 1.807) is 31.4 Å². The van der Waals surface area contributed by atoms with Crippen LogP contribution in [0.4, 0.5) is 5.69 Å². The number of amides is 3. The van der Waals surface area contributed by atoms with Crippen molar-refractivity contribution in [1.29, 1.82) is 0 Å². The van der Waals surface area contributed by atoms with Gasteiger partial charge in [-0.25, -0.2) is 0 Å². The third-order valence-electron chi connectivity index (χ3n) is 7.94. The summed E-state index contributed by atoms with van der Waals surface area (Å²) in [6.07, 6.45) is 5.45. The highest BCUT2D eigenvalue weighted by molar-refractivity contribution is 6.10. The quantitative estimate of drug-likeness (QED) is 0.524. The first-order chi connectivity index (χ1) is 16.0. The number of allylic oxidation sites excluding steroid dienone is 2. The first kappa shape index (κ1) is 20.2. The minimum atomic E-state index is -0.280. The maximum atomic E-state index is 13.6. The Labute approximate surface area is 192 Å². The third-order valence-corrected chi connectivity index (χ3v) is 7.94. The van der Waals surface area contributed by atoms with Crippen molar-refractivity contribution >= 4 is 23.4 Å². The molecule has 2 bridgehead atoms. The van der Waals surface area contributed by atoms with Gasteiger partial charge < -0.3 is 4.74 Å². The Hall–Kier alpha value is -3.41. The fourth-order valence-corrected chi connectivity index (χ4v) is 6.20. The number of imide groups is 1. The van der Waals surface area contributed by atoms with Crippen LogP contribution >= 0.6 is 0 Å². The van der Waals surface area contributed by atoms with Gasteiger partial charge in [0, 0.05) is 11.3 Å². The summed E-state index contributed by atoms with van der Waals surface area (Å²) in [6, 6.07) is 14.5. The van der Waals surface area contributed by atoms with Crippen molar-refractivity contribution in [2.45, 2.75) is 13.3 Å². The van der Waals surface area contributed by atoms with Crippen molar-refractivity contribution in [2.24, 2.45) is 35.5 Å². The summed E-state index contributed by atoms with van der Waals surface area (Å²) in [7, 11) is 1.55. The second kappa shape index (κ2) is 7.30. The van der Waals surface area contributed by atoms with Crippen LogP contribution in [0.25, 0.3) is 0 Å². The number of nitrogens with zero attached hydrogens (tertiary/aromatic N) is 2.